The normalized spacial score (nSPS) is 4.82. The molecular formula is C10H9NO5W. The van der Waals surface area contributed by atoms with Gasteiger partial charge in [-0.05, 0) is 20.8 Å². The Morgan fingerprint density at radius 2 is 0.765 bits per heavy atom. The second-order valence-corrected chi connectivity index (χ2v) is 2.36. The summed E-state index contributed by atoms with van der Waals surface area (Å²) in [5, 5.41) is 8.15. The van der Waals surface area contributed by atoms with Crippen LogP contribution >= 0.6 is 0 Å². The summed E-state index contributed by atoms with van der Waals surface area (Å²) in [5.74, 6) is 0. The molecule has 0 rings (SSSR count). The van der Waals surface area contributed by atoms with Gasteiger partial charge in [-0.3, -0.25) is 24.0 Å². The minimum absolute atomic E-state index is 0. The SMILES string of the molecule is CC(C)(C)C#N.[C]=O.[C]=O.[C]=O.[C]=O.[C]=O.[W]. The van der Waals surface area contributed by atoms with E-state index in [1.807, 2.05) is 20.8 Å². The topological polar surface area (TPSA) is 109 Å². The Kier molecular flexibility index (Phi) is 231. The molecule has 90 valence electrons. The van der Waals surface area contributed by atoms with E-state index in [4.69, 9.17) is 29.2 Å². The maximum atomic E-state index is 8.15. The van der Waals surface area contributed by atoms with Crippen molar-refractivity contribution in [3.63, 3.8) is 0 Å². The molecule has 0 aromatic carbocycles. The van der Waals surface area contributed by atoms with Crippen LogP contribution in [0, 0.1) is 16.7 Å². The molecule has 6 nitrogen and oxygen atoms in total. The Bertz CT molecular complexity index is 133. The van der Waals surface area contributed by atoms with Gasteiger partial charge in [0.15, 0.2) is 0 Å². The van der Waals surface area contributed by atoms with Crippen molar-refractivity contribution in [3.8, 4) is 6.07 Å². The second-order valence-electron chi connectivity index (χ2n) is 2.36. The molecule has 7 heteroatoms. The molecular weight excluding hydrogens is 398 g/mol. The first-order valence-electron chi connectivity index (χ1n) is 2.99. The van der Waals surface area contributed by atoms with Gasteiger partial charge in [-0.15, -0.1) is 0 Å². The van der Waals surface area contributed by atoms with Crippen LogP contribution in [-0.4, -0.2) is 33.9 Å². The van der Waals surface area contributed by atoms with Gasteiger partial charge in [0.25, 0.3) is 33.9 Å². The molecule has 0 aliphatic rings. The Labute approximate surface area is 117 Å². The van der Waals surface area contributed by atoms with E-state index in [0.717, 1.165) is 0 Å². The van der Waals surface area contributed by atoms with E-state index in [9.17, 15) is 0 Å². The minimum Gasteiger partial charge on any atom is -0.281 e. The predicted octanol–water partition coefficient (Wildman–Crippen LogP) is -0.432. The zero-order chi connectivity index (χ0) is 15.2. The van der Waals surface area contributed by atoms with Gasteiger partial charge in [0.2, 0.25) is 0 Å². The number of nitriles is 1. The second kappa shape index (κ2) is 87.0. The van der Waals surface area contributed by atoms with Gasteiger partial charge in [-0.1, -0.05) is 0 Å². The Morgan fingerprint density at radius 1 is 0.706 bits per heavy atom. The monoisotopic (exact) mass is 407 g/mol. The molecule has 0 aliphatic heterocycles. The quantitative estimate of drug-likeness (QED) is 0.539. The van der Waals surface area contributed by atoms with Crippen molar-refractivity contribution in [2.45, 2.75) is 20.8 Å². The van der Waals surface area contributed by atoms with Crippen LogP contribution in [0.5, 0.6) is 0 Å². The average Bonchev–Trinajstić information content (AvgIpc) is 2.40. The maximum Gasteiger partial charge on any atom is 0.281 e. The Balaban J connectivity index is -0.0000000158. The zero-order valence-electron chi connectivity index (χ0n) is 9.40. The van der Waals surface area contributed by atoms with Crippen LogP contribution in [0.15, 0.2) is 0 Å². The first-order valence-corrected chi connectivity index (χ1v) is 2.99. The molecule has 0 aliphatic carbocycles. The summed E-state index contributed by atoms with van der Waals surface area (Å²) < 4.78 is 0. The minimum atomic E-state index is -0.153. The summed E-state index contributed by atoms with van der Waals surface area (Å²) in [6.07, 6.45) is 0. The number of rotatable bonds is 0. The molecule has 0 aromatic heterocycles. The van der Waals surface area contributed by atoms with Gasteiger partial charge in [-0.2, -0.15) is 5.26 Å². The van der Waals surface area contributed by atoms with E-state index in [1.165, 1.54) is 0 Å². The van der Waals surface area contributed by atoms with Gasteiger partial charge in [0.05, 0.1) is 6.07 Å². The summed E-state index contributed by atoms with van der Waals surface area (Å²) in [6.45, 7) is 28.1. The standard InChI is InChI=1S/C5H9N.5CO.W/c1-5(2,3)4-6;5*1-2;/h1-3H3;;;;;;. The van der Waals surface area contributed by atoms with Crippen molar-refractivity contribution in [3.05, 3.63) is 0 Å². The smallest absolute Gasteiger partial charge is 0.281 e. The van der Waals surface area contributed by atoms with E-state index in [0.29, 0.717) is 0 Å². The molecule has 0 spiro atoms. The van der Waals surface area contributed by atoms with Gasteiger partial charge in [-0.25, -0.2) is 0 Å². The predicted molar refractivity (Wildman–Crippen MR) is 53.5 cm³/mol. The molecule has 0 bridgehead atoms. The third-order valence-electron chi connectivity index (χ3n) is 0.335. The molecule has 0 aromatic rings. The fourth-order valence-electron chi connectivity index (χ4n) is 0. The average molecular weight is 407 g/mol. The van der Waals surface area contributed by atoms with Gasteiger partial charge in [0.1, 0.15) is 0 Å². The Morgan fingerprint density at radius 3 is 0.765 bits per heavy atom. The third kappa shape index (κ3) is 976. The van der Waals surface area contributed by atoms with Crippen molar-refractivity contribution in [2.24, 2.45) is 5.41 Å². The van der Waals surface area contributed by atoms with E-state index in [-0.39, 0.29) is 26.5 Å². The van der Waals surface area contributed by atoms with Crippen LogP contribution in [0.3, 0.4) is 0 Å². The summed E-state index contributed by atoms with van der Waals surface area (Å²) in [7, 11) is 0. The number of hydrogen-bond donors (Lipinski definition) is 0. The van der Waals surface area contributed by atoms with Gasteiger partial charge >= 0.3 is 0 Å². The van der Waals surface area contributed by atoms with Gasteiger partial charge < -0.3 is 0 Å². The summed E-state index contributed by atoms with van der Waals surface area (Å²) in [4.78, 5) is 37.5. The number of hydrogen-bond acceptors (Lipinski definition) is 6. The molecule has 0 amide bonds. The van der Waals surface area contributed by atoms with Crippen LogP contribution in [0.1, 0.15) is 20.8 Å². The first-order chi connectivity index (χ1) is 7.56. The molecule has 0 heterocycles. The van der Waals surface area contributed by atoms with Crippen molar-refractivity contribution in [1.82, 2.24) is 0 Å². The van der Waals surface area contributed by atoms with Crippen molar-refractivity contribution in [2.75, 3.05) is 0 Å². The van der Waals surface area contributed by atoms with Crippen LogP contribution in [-0.2, 0) is 45.0 Å². The summed E-state index contributed by atoms with van der Waals surface area (Å²) >= 11 is 0. The van der Waals surface area contributed by atoms with Crippen molar-refractivity contribution >= 4 is 33.9 Å². The van der Waals surface area contributed by atoms with Crippen LogP contribution in [0.4, 0.5) is 0 Å². The number of carbonyl (C=O) groups excluding carboxylic acids is 5. The molecule has 0 fully saturated rings. The number of nitrogens with zero attached hydrogens (tertiary/aromatic N) is 1. The van der Waals surface area contributed by atoms with Gasteiger partial charge in [0, 0.05) is 26.5 Å². The molecule has 0 atom stereocenters. The molecule has 17 heavy (non-hydrogen) atoms. The molecule has 0 saturated carbocycles. The third-order valence-corrected chi connectivity index (χ3v) is 0.335. The molecule has 0 saturated heterocycles. The van der Waals surface area contributed by atoms with E-state index in [2.05, 4.69) is 40.0 Å². The largest absolute Gasteiger partial charge is 0.281 e. The van der Waals surface area contributed by atoms with Crippen LogP contribution in [0.2, 0.25) is 0 Å². The molecule has 10 radical (unpaired) electrons. The van der Waals surface area contributed by atoms with Crippen LogP contribution < -0.4 is 0 Å². The Hall–Kier alpha value is -1.47. The zero-order valence-corrected chi connectivity index (χ0v) is 12.3. The van der Waals surface area contributed by atoms with Crippen molar-refractivity contribution in [1.29, 1.82) is 5.26 Å². The molecule has 0 unspecified atom stereocenters. The van der Waals surface area contributed by atoms with E-state index in [1.54, 1.807) is 0 Å². The molecule has 0 N–H and O–H groups in total. The summed E-state index contributed by atoms with van der Waals surface area (Å²) in [5.41, 5.74) is -0.153. The van der Waals surface area contributed by atoms with E-state index < -0.39 is 0 Å². The van der Waals surface area contributed by atoms with Crippen LogP contribution in [0.25, 0.3) is 0 Å². The van der Waals surface area contributed by atoms with E-state index >= 15 is 0 Å². The fourth-order valence-corrected chi connectivity index (χ4v) is 0. The fraction of sp³-hybridized carbons (Fsp3) is 0.400. The first kappa shape index (κ1) is 45.1. The maximum absolute atomic E-state index is 8.15. The van der Waals surface area contributed by atoms with Crippen molar-refractivity contribution < 1.29 is 45.0 Å². The summed E-state index contributed by atoms with van der Waals surface area (Å²) in [6, 6.07) is 2.10.